The number of urea groups is 1. The number of nitrogens with one attached hydrogen (secondary N) is 2. The number of likely N-dealkylation sites (tertiary alicyclic amines) is 1. The second-order valence-electron chi connectivity index (χ2n) is 6.81. The Hall–Kier alpha value is -2.08. The molecule has 1 saturated heterocycles. The van der Waals surface area contributed by atoms with Crippen molar-refractivity contribution in [3.05, 3.63) is 23.8 Å². The van der Waals surface area contributed by atoms with Gasteiger partial charge in [-0.2, -0.15) is 0 Å². The topological polar surface area (TPSA) is 64.7 Å². The first-order valence-electron chi connectivity index (χ1n) is 8.72. The summed E-state index contributed by atoms with van der Waals surface area (Å²) >= 11 is 0. The summed E-state index contributed by atoms with van der Waals surface area (Å²) < 4.78 is 0. The van der Waals surface area contributed by atoms with Crippen LogP contribution in [-0.4, -0.2) is 55.0 Å². The molecular weight excluding hydrogens is 304 g/mol. The summed E-state index contributed by atoms with van der Waals surface area (Å²) in [6.45, 7) is 5.82. The van der Waals surface area contributed by atoms with E-state index in [1.165, 1.54) is 0 Å². The van der Waals surface area contributed by atoms with E-state index >= 15 is 0 Å². The number of fused-ring (bicyclic) bond motifs is 1. The molecule has 6 heteroatoms. The highest BCUT2D eigenvalue weighted by Gasteiger charge is 2.27. The number of aryl methyl sites for hydroxylation is 1. The summed E-state index contributed by atoms with van der Waals surface area (Å²) in [5.41, 5.74) is 2.67. The molecule has 0 spiro atoms. The maximum Gasteiger partial charge on any atom is 0.321 e. The van der Waals surface area contributed by atoms with Crippen LogP contribution in [0.2, 0.25) is 0 Å². The number of hydrogen-bond acceptors (Lipinski definition) is 3. The van der Waals surface area contributed by atoms with Crippen molar-refractivity contribution in [1.82, 2.24) is 9.80 Å². The summed E-state index contributed by atoms with van der Waals surface area (Å²) in [4.78, 5) is 28.1. The number of hydrogen-bond donors (Lipinski definition) is 2. The highest BCUT2D eigenvalue weighted by molar-refractivity contribution is 5.96. The van der Waals surface area contributed by atoms with Crippen LogP contribution in [0.15, 0.2) is 18.2 Å². The largest absolute Gasteiger partial charge is 0.326 e. The third kappa shape index (κ3) is 3.87. The SMILES string of the molecule is CCN(C)C[C@H]1CCN(C(=O)Nc2ccc3c(c2)NC(=O)CC3)C1. The minimum atomic E-state index is -0.0567. The van der Waals surface area contributed by atoms with Crippen molar-refractivity contribution in [2.45, 2.75) is 26.2 Å². The van der Waals surface area contributed by atoms with Gasteiger partial charge in [-0.3, -0.25) is 4.79 Å². The van der Waals surface area contributed by atoms with Crippen LogP contribution in [-0.2, 0) is 11.2 Å². The lowest BCUT2D eigenvalue weighted by Gasteiger charge is -2.21. The number of carbonyl (C=O) groups is 2. The van der Waals surface area contributed by atoms with E-state index in [9.17, 15) is 9.59 Å². The molecule has 1 fully saturated rings. The maximum atomic E-state index is 12.5. The normalized spacial score (nSPS) is 20.0. The van der Waals surface area contributed by atoms with Gasteiger partial charge in [0.15, 0.2) is 0 Å². The summed E-state index contributed by atoms with van der Waals surface area (Å²) in [6.07, 6.45) is 2.34. The van der Waals surface area contributed by atoms with Crippen LogP contribution < -0.4 is 10.6 Å². The molecule has 1 aromatic carbocycles. The molecule has 130 valence electrons. The third-order valence-corrected chi connectivity index (χ3v) is 4.94. The standard InChI is InChI=1S/C18H26N4O2/c1-3-21(2)11-13-8-9-22(12-13)18(24)19-15-6-4-14-5-7-17(23)20-16(14)10-15/h4,6,10,13H,3,5,7-9,11-12H2,1-2H3,(H,19,24)(H,20,23)/t13-/m1/s1. The molecule has 0 saturated carbocycles. The number of rotatable bonds is 4. The maximum absolute atomic E-state index is 12.5. The Morgan fingerprint density at radius 3 is 3.04 bits per heavy atom. The molecule has 1 aromatic rings. The van der Waals surface area contributed by atoms with Gasteiger partial charge in [-0.05, 0) is 50.0 Å². The van der Waals surface area contributed by atoms with Gasteiger partial charge in [0.1, 0.15) is 0 Å². The molecule has 0 aromatic heterocycles. The molecule has 3 rings (SSSR count). The van der Waals surface area contributed by atoms with Crippen molar-refractivity contribution in [2.24, 2.45) is 5.92 Å². The molecule has 6 nitrogen and oxygen atoms in total. The van der Waals surface area contributed by atoms with Crippen LogP contribution in [0.3, 0.4) is 0 Å². The molecule has 0 bridgehead atoms. The Labute approximate surface area is 143 Å². The monoisotopic (exact) mass is 330 g/mol. The van der Waals surface area contributed by atoms with Crippen molar-refractivity contribution in [3.63, 3.8) is 0 Å². The fourth-order valence-corrected chi connectivity index (χ4v) is 3.39. The first-order chi connectivity index (χ1) is 11.5. The van der Waals surface area contributed by atoms with Crippen LogP contribution in [0, 0.1) is 5.92 Å². The average molecular weight is 330 g/mol. The number of anilines is 2. The summed E-state index contributed by atoms with van der Waals surface area (Å²) in [6, 6.07) is 5.68. The summed E-state index contributed by atoms with van der Waals surface area (Å²) in [5, 5.41) is 5.83. The van der Waals surface area contributed by atoms with Crippen LogP contribution in [0.4, 0.5) is 16.2 Å². The Balaban J connectivity index is 1.57. The minimum Gasteiger partial charge on any atom is -0.326 e. The first-order valence-corrected chi connectivity index (χ1v) is 8.72. The predicted octanol–water partition coefficient (Wildman–Crippen LogP) is 2.38. The molecule has 2 heterocycles. The van der Waals surface area contributed by atoms with Crippen LogP contribution in [0.1, 0.15) is 25.3 Å². The van der Waals surface area contributed by atoms with E-state index in [-0.39, 0.29) is 11.9 Å². The van der Waals surface area contributed by atoms with Crippen molar-refractivity contribution >= 4 is 23.3 Å². The molecule has 2 aliphatic heterocycles. The van der Waals surface area contributed by atoms with Crippen LogP contribution in [0.5, 0.6) is 0 Å². The van der Waals surface area contributed by atoms with Crippen molar-refractivity contribution in [2.75, 3.05) is 43.9 Å². The van der Waals surface area contributed by atoms with E-state index in [0.29, 0.717) is 12.3 Å². The lowest BCUT2D eigenvalue weighted by Crippen LogP contribution is -2.34. The molecule has 2 N–H and O–H groups in total. The van der Waals surface area contributed by atoms with Gasteiger partial charge in [0.2, 0.25) is 5.91 Å². The second kappa shape index (κ2) is 7.21. The van der Waals surface area contributed by atoms with Gasteiger partial charge >= 0.3 is 6.03 Å². The van der Waals surface area contributed by atoms with Gasteiger partial charge in [-0.25, -0.2) is 4.79 Å². The Kier molecular flexibility index (Phi) is 5.04. The highest BCUT2D eigenvalue weighted by Crippen LogP contribution is 2.26. The van der Waals surface area contributed by atoms with Gasteiger partial charge < -0.3 is 20.4 Å². The number of nitrogens with zero attached hydrogens (tertiary/aromatic N) is 2. The Bertz CT molecular complexity index is 631. The smallest absolute Gasteiger partial charge is 0.321 e. The van der Waals surface area contributed by atoms with Crippen molar-refractivity contribution < 1.29 is 9.59 Å². The molecule has 0 radical (unpaired) electrons. The highest BCUT2D eigenvalue weighted by atomic mass is 16.2. The van der Waals surface area contributed by atoms with Gasteiger partial charge in [0, 0.05) is 37.4 Å². The number of benzene rings is 1. The zero-order valence-electron chi connectivity index (χ0n) is 14.5. The molecule has 24 heavy (non-hydrogen) atoms. The van der Waals surface area contributed by atoms with Crippen LogP contribution in [0.25, 0.3) is 0 Å². The van der Waals surface area contributed by atoms with E-state index < -0.39 is 0 Å². The fraction of sp³-hybridized carbons (Fsp3) is 0.556. The molecule has 0 unspecified atom stereocenters. The summed E-state index contributed by atoms with van der Waals surface area (Å²) in [5.74, 6) is 0.580. The van der Waals surface area contributed by atoms with E-state index in [1.54, 1.807) is 0 Å². The summed E-state index contributed by atoms with van der Waals surface area (Å²) in [7, 11) is 2.12. The molecular formula is C18H26N4O2. The quantitative estimate of drug-likeness (QED) is 0.891. The predicted molar refractivity (Wildman–Crippen MR) is 95.3 cm³/mol. The average Bonchev–Trinajstić information content (AvgIpc) is 3.03. The first kappa shape index (κ1) is 16.8. The zero-order valence-corrected chi connectivity index (χ0v) is 14.5. The van der Waals surface area contributed by atoms with Crippen molar-refractivity contribution in [3.8, 4) is 0 Å². The van der Waals surface area contributed by atoms with Gasteiger partial charge in [0.05, 0.1) is 0 Å². The van der Waals surface area contributed by atoms with Gasteiger partial charge in [-0.15, -0.1) is 0 Å². The van der Waals surface area contributed by atoms with E-state index in [0.717, 1.165) is 56.0 Å². The van der Waals surface area contributed by atoms with Gasteiger partial charge in [0.25, 0.3) is 0 Å². The lowest BCUT2D eigenvalue weighted by molar-refractivity contribution is -0.116. The molecule has 0 aliphatic carbocycles. The van der Waals surface area contributed by atoms with Gasteiger partial charge in [-0.1, -0.05) is 13.0 Å². The fourth-order valence-electron chi connectivity index (χ4n) is 3.39. The van der Waals surface area contributed by atoms with E-state index in [1.807, 2.05) is 23.1 Å². The molecule has 3 amide bonds. The minimum absolute atomic E-state index is 0.0356. The molecule has 2 aliphatic rings. The zero-order chi connectivity index (χ0) is 17.1. The number of amides is 3. The van der Waals surface area contributed by atoms with Crippen molar-refractivity contribution in [1.29, 1.82) is 0 Å². The molecule has 1 atom stereocenters. The number of carbonyl (C=O) groups excluding carboxylic acids is 2. The van der Waals surface area contributed by atoms with E-state index in [4.69, 9.17) is 0 Å². The third-order valence-electron chi connectivity index (χ3n) is 4.94. The van der Waals surface area contributed by atoms with E-state index in [2.05, 4.69) is 29.5 Å². The Morgan fingerprint density at radius 1 is 1.42 bits per heavy atom. The second-order valence-corrected chi connectivity index (χ2v) is 6.81. The Morgan fingerprint density at radius 2 is 2.25 bits per heavy atom. The lowest BCUT2D eigenvalue weighted by atomic mass is 10.0. The van der Waals surface area contributed by atoms with Crippen LogP contribution >= 0.6 is 0 Å².